The van der Waals surface area contributed by atoms with Crippen LogP contribution in [0.5, 0.6) is 0 Å². The molecule has 0 aromatic rings. The Morgan fingerprint density at radius 1 is 1.33 bits per heavy atom. The fourth-order valence-corrected chi connectivity index (χ4v) is 2.24. The molecule has 0 fully saturated rings. The fourth-order valence-electron chi connectivity index (χ4n) is 1.18. The van der Waals surface area contributed by atoms with Gasteiger partial charge >= 0.3 is 0 Å². The molecule has 0 aliphatic carbocycles. The molecule has 0 spiro atoms. The molecule has 0 unspecified atom stereocenters. The second kappa shape index (κ2) is 6.33. The van der Waals surface area contributed by atoms with Crippen LogP contribution < -0.4 is 11.1 Å². The van der Waals surface area contributed by atoms with Crippen LogP contribution >= 0.6 is 0 Å². The number of nitrogens with one attached hydrogen (secondary N) is 1. The van der Waals surface area contributed by atoms with Crippen molar-refractivity contribution in [3.05, 3.63) is 0 Å². The second-order valence-electron chi connectivity index (χ2n) is 6.05. The van der Waals surface area contributed by atoms with Crippen LogP contribution in [0.1, 0.15) is 34.1 Å². The second-order valence-corrected chi connectivity index (χ2v) is 10.9. The quantitative estimate of drug-likeness (QED) is 0.718. The molecule has 0 saturated carbocycles. The molecular formula is C12H26N2O3Si. The predicted molar refractivity (Wildman–Crippen MR) is 74.6 cm³/mol. The summed E-state index contributed by atoms with van der Waals surface area (Å²) in [5, 5.41) is 2.65. The summed E-state index contributed by atoms with van der Waals surface area (Å²) in [6.45, 7) is 12.5. The molecule has 0 aliphatic rings. The molecule has 0 aliphatic heterocycles. The Bertz CT molecular complexity index is 311. The lowest BCUT2D eigenvalue weighted by molar-refractivity contribution is -0.126. The standard InChI is InChI=1S/C12H26N2O3Si/c1-9(15)14-10(11(13)16)7-8-17-18(5,6)12(2,3)4/h10H,7-8H2,1-6H3,(H2,13,16)(H,14,15)/t10-/m0/s1. The SMILES string of the molecule is CC(=O)N[C@@H](CCO[Si](C)(C)C(C)(C)C)C(N)=O. The van der Waals surface area contributed by atoms with E-state index < -0.39 is 20.3 Å². The Morgan fingerprint density at radius 3 is 2.17 bits per heavy atom. The number of hydrogen-bond acceptors (Lipinski definition) is 3. The van der Waals surface area contributed by atoms with Gasteiger partial charge in [0.15, 0.2) is 8.32 Å². The van der Waals surface area contributed by atoms with Crippen molar-refractivity contribution >= 4 is 20.1 Å². The summed E-state index contributed by atoms with van der Waals surface area (Å²) >= 11 is 0. The summed E-state index contributed by atoms with van der Waals surface area (Å²) in [6, 6.07) is -0.646. The highest BCUT2D eigenvalue weighted by Gasteiger charge is 2.37. The van der Waals surface area contributed by atoms with Crippen LogP contribution in [-0.4, -0.2) is 32.8 Å². The van der Waals surface area contributed by atoms with E-state index in [1.807, 2.05) is 0 Å². The zero-order valence-corrected chi connectivity index (χ0v) is 13.3. The average molecular weight is 274 g/mol. The van der Waals surface area contributed by atoms with Gasteiger partial charge in [-0.05, 0) is 24.6 Å². The van der Waals surface area contributed by atoms with Crippen LogP contribution in [0.25, 0.3) is 0 Å². The van der Waals surface area contributed by atoms with E-state index in [0.29, 0.717) is 13.0 Å². The molecule has 6 heteroatoms. The van der Waals surface area contributed by atoms with Gasteiger partial charge in [-0.25, -0.2) is 0 Å². The molecule has 1 atom stereocenters. The number of amides is 2. The van der Waals surface area contributed by atoms with Crippen LogP contribution in [0, 0.1) is 0 Å². The summed E-state index contributed by atoms with van der Waals surface area (Å²) < 4.78 is 5.94. The minimum absolute atomic E-state index is 0.128. The minimum atomic E-state index is -1.81. The van der Waals surface area contributed by atoms with E-state index >= 15 is 0 Å². The first-order valence-corrected chi connectivity index (χ1v) is 9.08. The molecule has 5 nitrogen and oxygen atoms in total. The number of rotatable bonds is 6. The zero-order chi connectivity index (χ0) is 14.6. The number of primary amides is 1. The number of hydrogen-bond donors (Lipinski definition) is 2. The molecule has 0 rings (SSSR count). The fraction of sp³-hybridized carbons (Fsp3) is 0.833. The molecule has 0 bridgehead atoms. The van der Waals surface area contributed by atoms with Crippen LogP contribution in [0.4, 0.5) is 0 Å². The summed E-state index contributed by atoms with van der Waals surface area (Å²) in [7, 11) is -1.81. The van der Waals surface area contributed by atoms with E-state index in [1.54, 1.807) is 0 Å². The molecule has 3 N–H and O–H groups in total. The Hall–Kier alpha value is -0.883. The maximum atomic E-state index is 11.2. The van der Waals surface area contributed by atoms with Crippen molar-refractivity contribution in [2.24, 2.45) is 5.73 Å². The molecule has 18 heavy (non-hydrogen) atoms. The van der Waals surface area contributed by atoms with Crippen LogP contribution in [-0.2, 0) is 14.0 Å². The monoisotopic (exact) mass is 274 g/mol. The van der Waals surface area contributed by atoms with Crippen LogP contribution in [0.3, 0.4) is 0 Å². The van der Waals surface area contributed by atoms with E-state index in [1.165, 1.54) is 6.92 Å². The van der Waals surface area contributed by atoms with Gasteiger partial charge in [-0.1, -0.05) is 20.8 Å². The van der Waals surface area contributed by atoms with Gasteiger partial charge in [0.25, 0.3) is 0 Å². The van der Waals surface area contributed by atoms with Gasteiger partial charge < -0.3 is 15.5 Å². The van der Waals surface area contributed by atoms with E-state index in [0.717, 1.165) is 0 Å². The first-order valence-electron chi connectivity index (χ1n) is 6.18. The van der Waals surface area contributed by atoms with Gasteiger partial charge in [0.1, 0.15) is 6.04 Å². The molecule has 0 heterocycles. The Labute approximate surface area is 111 Å². The molecule has 2 amide bonds. The lowest BCUT2D eigenvalue weighted by Gasteiger charge is -2.36. The number of carbonyl (C=O) groups is 2. The summed E-state index contributed by atoms with van der Waals surface area (Å²) in [4.78, 5) is 22.1. The number of nitrogens with two attached hydrogens (primary N) is 1. The van der Waals surface area contributed by atoms with E-state index in [4.69, 9.17) is 10.2 Å². The third-order valence-electron chi connectivity index (χ3n) is 3.40. The molecule has 0 radical (unpaired) electrons. The van der Waals surface area contributed by atoms with Crippen molar-refractivity contribution in [1.29, 1.82) is 0 Å². The highest BCUT2D eigenvalue weighted by Crippen LogP contribution is 2.36. The third-order valence-corrected chi connectivity index (χ3v) is 7.93. The summed E-state index contributed by atoms with van der Waals surface area (Å²) in [5.74, 6) is -0.782. The zero-order valence-electron chi connectivity index (χ0n) is 12.3. The highest BCUT2D eigenvalue weighted by molar-refractivity contribution is 6.74. The number of carbonyl (C=O) groups excluding carboxylic acids is 2. The molecular weight excluding hydrogens is 248 g/mol. The van der Waals surface area contributed by atoms with Gasteiger partial charge in [-0.15, -0.1) is 0 Å². The lowest BCUT2D eigenvalue weighted by atomic mass is 10.2. The lowest BCUT2D eigenvalue weighted by Crippen LogP contribution is -2.46. The van der Waals surface area contributed by atoms with E-state index in [9.17, 15) is 9.59 Å². The minimum Gasteiger partial charge on any atom is -0.417 e. The van der Waals surface area contributed by atoms with Crippen LogP contribution in [0.2, 0.25) is 18.1 Å². The van der Waals surface area contributed by atoms with Gasteiger partial charge in [0, 0.05) is 13.5 Å². The molecule has 0 aromatic heterocycles. The normalized spacial score (nSPS) is 14.1. The Balaban J connectivity index is 4.31. The average Bonchev–Trinajstić information content (AvgIpc) is 2.13. The van der Waals surface area contributed by atoms with Crippen molar-refractivity contribution in [1.82, 2.24) is 5.32 Å². The Morgan fingerprint density at radius 2 is 1.83 bits per heavy atom. The van der Waals surface area contributed by atoms with Crippen LogP contribution in [0.15, 0.2) is 0 Å². The van der Waals surface area contributed by atoms with Crippen molar-refractivity contribution < 1.29 is 14.0 Å². The summed E-state index contributed by atoms with van der Waals surface area (Å²) in [6.07, 6.45) is 0.418. The van der Waals surface area contributed by atoms with Crippen molar-refractivity contribution in [3.8, 4) is 0 Å². The van der Waals surface area contributed by atoms with Crippen molar-refractivity contribution in [2.45, 2.75) is 58.3 Å². The third kappa shape index (κ3) is 5.64. The molecule has 106 valence electrons. The van der Waals surface area contributed by atoms with Gasteiger partial charge in [0.2, 0.25) is 11.8 Å². The first-order chi connectivity index (χ1) is 7.97. The molecule has 0 saturated heterocycles. The summed E-state index contributed by atoms with van der Waals surface area (Å²) in [5.41, 5.74) is 5.22. The van der Waals surface area contributed by atoms with Crippen molar-refractivity contribution in [3.63, 3.8) is 0 Å². The maximum absolute atomic E-state index is 11.2. The largest absolute Gasteiger partial charge is 0.417 e. The predicted octanol–water partition coefficient (Wildman–Crippen LogP) is 1.39. The van der Waals surface area contributed by atoms with Crippen molar-refractivity contribution in [2.75, 3.05) is 6.61 Å². The smallest absolute Gasteiger partial charge is 0.240 e. The highest BCUT2D eigenvalue weighted by atomic mass is 28.4. The van der Waals surface area contributed by atoms with Gasteiger partial charge in [-0.3, -0.25) is 9.59 Å². The van der Waals surface area contributed by atoms with Gasteiger partial charge in [0.05, 0.1) is 0 Å². The van der Waals surface area contributed by atoms with E-state index in [-0.39, 0.29) is 10.9 Å². The topological polar surface area (TPSA) is 81.4 Å². The first kappa shape index (κ1) is 17.1. The van der Waals surface area contributed by atoms with E-state index in [2.05, 4.69) is 39.2 Å². The Kier molecular flexibility index (Phi) is 6.02. The van der Waals surface area contributed by atoms with Gasteiger partial charge in [-0.2, -0.15) is 0 Å². The molecule has 0 aromatic carbocycles. The maximum Gasteiger partial charge on any atom is 0.240 e.